The molecule has 0 radical (unpaired) electrons. The Morgan fingerprint density at radius 1 is 0.600 bits per heavy atom. The van der Waals surface area contributed by atoms with Gasteiger partial charge in [-0.2, -0.15) is 0 Å². The van der Waals surface area contributed by atoms with Gasteiger partial charge in [-0.3, -0.25) is 9.59 Å². The molecule has 6 aromatic rings. The highest BCUT2D eigenvalue weighted by Gasteiger charge is 2.18. The van der Waals surface area contributed by atoms with Crippen LogP contribution in [0.25, 0.3) is 21.8 Å². The molecule has 2 N–H and O–H groups in total. The standard InChI is InChI=1S/2C20H20FNO2S/c2*1-3-25-16-7-4-14(5-8-16)10-17-13(2)22(12-20(23)24)19-9-6-15(21)11-18(17)19/h2*4-9,11H,3,10,12H2,1-2H3,(H,23,24). The van der Waals surface area contributed by atoms with Crippen molar-refractivity contribution in [2.45, 2.75) is 63.4 Å². The lowest BCUT2D eigenvalue weighted by atomic mass is 10.0. The summed E-state index contributed by atoms with van der Waals surface area (Å²) in [6.07, 6.45) is 1.30. The summed E-state index contributed by atoms with van der Waals surface area (Å²) in [6.45, 7) is 7.79. The second kappa shape index (κ2) is 16.4. The van der Waals surface area contributed by atoms with E-state index in [4.69, 9.17) is 0 Å². The van der Waals surface area contributed by atoms with E-state index in [0.29, 0.717) is 12.8 Å². The highest BCUT2D eigenvalue weighted by molar-refractivity contribution is 7.99. The van der Waals surface area contributed by atoms with Crippen molar-refractivity contribution in [3.8, 4) is 0 Å². The summed E-state index contributed by atoms with van der Waals surface area (Å²) in [5, 5.41) is 19.9. The summed E-state index contributed by atoms with van der Waals surface area (Å²) in [5.74, 6) is -0.374. The molecule has 0 atom stereocenters. The third-order valence-corrected chi connectivity index (χ3v) is 10.4. The number of rotatable bonds is 12. The highest BCUT2D eigenvalue weighted by atomic mass is 32.2. The molecule has 0 aliphatic heterocycles. The van der Waals surface area contributed by atoms with Crippen molar-refractivity contribution in [2.24, 2.45) is 0 Å². The van der Waals surface area contributed by atoms with Gasteiger partial charge in [-0.1, -0.05) is 38.1 Å². The van der Waals surface area contributed by atoms with Crippen LogP contribution in [0.1, 0.15) is 47.5 Å². The summed E-state index contributed by atoms with van der Waals surface area (Å²) in [7, 11) is 0. The van der Waals surface area contributed by atoms with Gasteiger partial charge in [0.2, 0.25) is 0 Å². The first-order valence-electron chi connectivity index (χ1n) is 16.4. The Hall–Kier alpha value is -4.54. The van der Waals surface area contributed by atoms with E-state index in [2.05, 4.69) is 62.4 Å². The lowest BCUT2D eigenvalue weighted by molar-refractivity contribution is -0.138. The quantitative estimate of drug-likeness (QED) is 0.123. The van der Waals surface area contributed by atoms with E-state index >= 15 is 0 Å². The molecule has 0 fully saturated rings. The van der Waals surface area contributed by atoms with Crippen LogP contribution in [0.4, 0.5) is 8.78 Å². The molecule has 0 bridgehead atoms. The van der Waals surface area contributed by atoms with Crippen molar-refractivity contribution in [3.05, 3.63) is 130 Å². The van der Waals surface area contributed by atoms with Crippen molar-refractivity contribution in [3.63, 3.8) is 0 Å². The zero-order valence-electron chi connectivity index (χ0n) is 28.5. The fourth-order valence-electron chi connectivity index (χ4n) is 6.32. The molecule has 0 aliphatic rings. The molecule has 4 aromatic carbocycles. The molecule has 0 spiro atoms. The number of aliphatic carboxylic acids is 2. The van der Waals surface area contributed by atoms with Gasteiger partial charge in [0, 0.05) is 43.0 Å². The zero-order valence-corrected chi connectivity index (χ0v) is 30.1. The van der Waals surface area contributed by atoms with Crippen LogP contribution in [0.3, 0.4) is 0 Å². The van der Waals surface area contributed by atoms with E-state index in [0.717, 1.165) is 67.0 Å². The van der Waals surface area contributed by atoms with Crippen LogP contribution >= 0.6 is 23.5 Å². The van der Waals surface area contributed by atoms with E-state index in [1.54, 1.807) is 44.8 Å². The second-order valence-corrected chi connectivity index (χ2v) is 14.6. The van der Waals surface area contributed by atoms with E-state index < -0.39 is 11.9 Å². The Balaban J connectivity index is 0.000000194. The van der Waals surface area contributed by atoms with Crippen molar-refractivity contribution in [2.75, 3.05) is 11.5 Å². The van der Waals surface area contributed by atoms with Crippen molar-refractivity contribution in [1.82, 2.24) is 9.13 Å². The minimum Gasteiger partial charge on any atom is -0.480 e. The average molecular weight is 715 g/mol. The molecular weight excluding hydrogens is 675 g/mol. The molecule has 0 saturated heterocycles. The van der Waals surface area contributed by atoms with Gasteiger partial charge in [0.1, 0.15) is 24.7 Å². The van der Waals surface area contributed by atoms with Gasteiger partial charge >= 0.3 is 11.9 Å². The lowest BCUT2D eigenvalue weighted by Gasteiger charge is -2.06. The SMILES string of the molecule is CCSc1ccc(Cc2c(C)n(CC(=O)O)c3ccc(F)cc23)cc1.CCSc1ccc(Cc2c(C)n(CC(=O)O)c3ccc(F)cc23)cc1. The van der Waals surface area contributed by atoms with Crippen LogP contribution in [0.5, 0.6) is 0 Å². The molecule has 10 heteroatoms. The first-order chi connectivity index (χ1) is 24.0. The van der Waals surface area contributed by atoms with Crippen molar-refractivity contribution < 1.29 is 28.6 Å². The second-order valence-electron chi connectivity index (χ2n) is 11.9. The normalized spacial score (nSPS) is 11.2. The molecule has 6 rings (SSSR count). The number of nitrogens with zero attached hydrogens (tertiary/aromatic N) is 2. The number of carbonyl (C=O) groups is 2. The highest BCUT2D eigenvalue weighted by Crippen LogP contribution is 2.31. The molecule has 2 heterocycles. The topological polar surface area (TPSA) is 84.5 Å². The molecule has 6 nitrogen and oxygen atoms in total. The van der Waals surface area contributed by atoms with Gasteiger partial charge in [-0.15, -0.1) is 23.5 Å². The molecule has 0 amide bonds. The lowest BCUT2D eigenvalue weighted by Crippen LogP contribution is -2.10. The molecule has 50 heavy (non-hydrogen) atoms. The Labute approximate surface area is 299 Å². The minimum absolute atomic E-state index is 0.125. The summed E-state index contributed by atoms with van der Waals surface area (Å²) in [6, 6.07) is 25.8. The van der Waals surface area contributed by atoms with Gasteiger partial charge in [0.25, 0.3) is 0 Å². The fraction of sp³-hybridized carbons (Fsp3) is 0.250. The van der Waals surface area contributed by atoms with E-state index in [-0.39, 0.29) is 24.7 Å². The first-order valence-corrected chi connectivity index (χ1v) is 18.4. The number of carboxylic acid groups (broad SMARTS) is 2. The third kappa shape index (κ3) is 8.60. The Kier molecular flexibility index (Phi) is 12.1. The molecule has 0 saturated carbocycles. The zero-order chi connectivity index (χ0) is 35.9. The number of hydrogen-bond donors (Lipinski definition) is 2. The van der Waals surface area contributed by atoms with Gasteiger partial charge < -0.3 is 19.3 Å². The maximum absolute atomic E-state index is 13.8. The number of carboxylic acids is 2. The van der Waals surface area contributed by atoms with E-state index in [1.165, 1.54) is 34.1 Å². The predicted molar refractivity (Wildman–Crippen MR) is 200 cm³/mol. The molecule has 260 valence electrons. The van der Waals surface area contributed by atoms with Gasteiger partial charge in [0.05, 0.1) is 0 Å². The van der Waals surface area contributed by atoms with Crippen molar-refractivity contribution in [1.29, 1.82) is 0 Å². The Morgan fingerprint density at radius 2 is 0.960 bits per heavy atom. The Morgan fingerprint density at radius 3 is 1.28 bits per heavy atom. The smallest absolute Gasteiger partial charge is 0.323 e. The summed E-state index contributed by atoms with van der Waals surface area (Å²) in [4.78, 5) is 24.9. The van der Waals surface area contributed by atoms with Crippen LogP contribution < -0.4 is 0 Å². The maximum Gasteiger partial charge on any atom is 0.323 e. The predicted octanol–water partition coefficient (Wildman–Crippen LogP) is 9.75. The van der Waals surface area contributed by atoms with Crippen LogP contribution in [0.2, 0.25) is 0 Å². The minimum atomic E-state index is -0.906. The van der Waals surface area contributed by atoms with Gasteiger partial charge in [0.15, 0.2) is 0 Å². The van der Waals surface area contributed by atoms with E-state index in [1.807, 2.05) is 13.8 Å². The molecule has 0 unspecified atom stereocenters. The largest absolute Gasteiger partial charge is 0.480 e. The summed E-state index contributed by atoms with van der Waals surface area (Å²) < 4.78 is 31.0. The number of thioether (sulfide) groups is 2. The van der Waals surface area contributed by atoms with Crippen LogP contribution in [0, 0.1) is 25.5 Å². The number of benzene rings is 4. The third-order valence-electron chi connectivity index (χ3n) is 8.65. The van der Waals surface area contributed by atoms with Gasteiger partial charge in [-0.25, -0.2) is 8.78 Å². The molecular formula is C40H40F2N2O4S2. The number of hydrogen-bond acceptors (Lipinski definition) is 4. The monoisotopic (exact) mass is 714 g/mol. The number of fused-ring (bicyclic) bond motifs is 2. The Bertz CT molecular complexity index is 1980. The molecule has 0 aliphatic carbocycles. The van der Waals surface area contributed by atoms with Crippen LogP contribution in [0.15, 0.2) is 94.7 Å². The number of halogens is 2. The summed E-state index contributed by atoms with van der Waals surface area (Å²) in [5.41, 5.74) is 7.47. The molecule has 2 aromatic heterocycles. The fourth-order valence-corrected chi connectivity index (χ4v) is 7.64. The van der Waals surface area contributed by atoms with E-state index in [9.17, 15) is 28.6 Å². The number of aromatic nitrogens is 2. The van der Waals surface area contributed by atoms with Crippen molar-refractivity contribution >= 4 is 57.3 Å². The first kappa shape index (κ1) is 36.7. The maximum atomic E-state index is 13.8. The average Bonchev–Trinajstić information content (AvgIpc) is 3.47. The van der Waals surface area contributed by atoms with Crippen LogP contribution in [-0.4, -0.2) is 42.8 Å². The van der Waals surface area contributed by atoms with Crippen LogP contribution in [-0.2, 0) is 35.5 Å². The summed E-state index contributed by atoms with van der Waals surface area (Å²) >= 11 is 3.58. The van der Waals surface area contributed by atoms with Gasteiger partial charge in [-0.05, 0) is 121 Å².